The smallest absolute Gasteiger partial charge is 0.195 e. The number of aryl methyl sites for hydroxylation is 1. The van der Waals surface area contributed by atoms with Gasteiger partial charge in [0.2, 0.25) is 0 Å². The van der Waals surface area contributed by atoms with E-state index in [1.165, 1.54) is 5.56 Å². The Bertz CT molecular complexity index is 514. The van der Waals surface area contributed by atoms with Crippen molar-refractivity contribution >= 4 is 0 Å². The van der Waals surface area contributed by atoms with E-state index >= 15 is 0 Å². The fourth-order valence-corrected chi connectivity index (χ4v) is 2.12. The van der Waals surface area contributed by atoms with Gasteiger partial charge in [-0.1, -0.05) is 24.3 Å². The quantitative estimate of drug-likeness (QED) is 0.876. The Morgan fingerprint density at radius 2 is 2.18 bits per heavy atom. The van der Waals surface area contributed by atoms with E-state index in [0.29, 0.717) is 5.92 Å². The zero-order valence-corrected chi connectivity index (χ0v) is 9.94. The number of rotatable bonds is 3. The first-order valence-electron chi connectivity index (χ1n) is 6.04. The topological polar surface area (TPSA) is 38.1 Å². The van der Waals surface area contributed by atoms with E-state index in [1.54, 1.807) is 0 Å². The minimum Gasteiger partial charge on any atom is -0.441 e. The molecule has 17 heavy (non-hydrogen) atoms. The molecule has 2 heterocycles. The Kier molecular flexibility index (Phi) is 2.69. The Morgan fingerprint density at radius 1 is 1.35 bits per heavy atom. The lowest BCUT2D eigenvalue weighted by atomic mass is 10.00. The molecule has 0 radical (unpaired) electrons. The van der Waals surface area contributed by atoms with Gasteiger partial charge in [0.05, 0.1) is 6.20 Å². The van der Waals surface area contributed by atoms with E-state index in [2.05, 4.69) is 29.4 Å². The molecule has 88 valence electrons. The van der Waals surface area contributed by atoms with Crippen LogP contribution in [0.3, 0.4) is 0 Å². The second-order valence-electron chi connectivity index (χ2n) is 4.66. The lowest BCUT2D eigenvalue weighted by Gasteiger charge is -2.25. The van der Waals surface area contributed by atoms with E-state index in [0.717, 1.165) is 36.7 Å². The fourth-order valence-electron chi connectivity index (χ4n) is 2.12. The number of benzene rings is 1. The minimum absolute atomic E-state index is 0.693. The van der Waals surface area contributed by atoms with E-state index < -0.39 is 0 Å². The van der Waals surface area contributed by atoms with Crippen molar-refractivity contribution in [2.24, 2.45) is 5.92 Å². The van der Waals surface area contributed by atoms with Crippen LogP contribution in [0, 0.1) is 12.8 Å². The van der Waals surface area contributed by atoms with Crippen molar-refractivity contribution in [3.63, 3.8) is 0 Å². The van der Waals surface area contributed by atoms with Gasteiger partial charge in [0.1, 0.15) is 0 Å². The van der Waals surface area contributed by atoms with Crippen LogP contribution in [-0.2, 0) is 6.42 Å². The molecule has 1 N–H and O–H groups in total. The molecule has 1 fully saturated rings. The minimum atomic E-state index is 0.693. The predicted octanol–water partition coefficient (Wildman–Crippen LogP) is 2.41. The fraction of sp³-hybridized carbons (Fsp3) is 0.357. The molecule has 0 bridgehead atoms. The molecule has 1 aliphatic rings. The molecule has 0 saturated carbocycles. The van der Waals surface area contributed by atoms with Crippen molar-refractivity contribution in [2.75, 3.05) is 13.1 Å². The molecule has 1 aliphatic heterocycles. The van der Waals surface area contributed by atoms with Gasteiger partial charge in [0.15, 0.2) is 11.7 Å². The van der Waals surface area contributed by atoms with Gasteiger partial charge < -0.3 is 9.73 Å². The molecule has 0 spiro atoms. The Hall–Kier alpha value is -1.61. The highest BCUT2D eigenvalue weighted by Gasteiger charge is 2.19. The summed E-state index contributed by atoms with van der Waals surface area (Å²) in [5.41, 5.74) is 2.36. The van der Waals surface area contributed by atoms with Gasteiger partial charge in [-0.15, -0.1) is 0 Å². The predicted molar refractivity (Wildman–Crippen MR) is 66.7 cm³/mol. The first kappa shape index (κ1) is 10.5. The van der Waals surface area contributed by atoms with Crippen LogP contribution in [0.15, 0.2) is 34.9 Å². The Morgan fingerprint density at radius 3 is 2.88 bits per heavy atom. The maximum atomic E-state index is 5.82. The Balaban J connectivity index is 1.82. The molecule has 0 aliphatic carbocycles. The number of oxazole rings is 1. The molecule has 3 heteroatoms. The average molecular weight is 228 g/mol. The summed E-state index contributed by atoms with van der Waals surface area (Å²) in [5, 5.41) is 3.26. The van der Waals surface area contributed by atoms with Gasteiger partial charge in [-0.25, -0.2) is 4.98 Å². The highest BCUT2D eigenvalue weighted by atomic mass is 16.4. The van der Waals surface area contributed by atoms with E-state index in [1.807, 2.05) is 18.3 Å². The van der Waals surface area contributed by atoms with E-state index in [9.17, 15) is 0 Å². The van der Waals surface area contributed by atoms with Crippen LogP contribution in [-0.4, -0.2) is 18.1 Å². The molecule has 1 aromatic heterocycles. The molecule has 0 unspecified atom stereocenters. The van der Waals surface area contributed by atoms with Crippen molar-refractivity contribution in [3.8, 4) is 11.3 Å². The summed E-state index contributed by atoms with van der Waals surface area (Å²) in [6.45, 7) is 4.26. The van der Waals surface area contributed by atoms with Gasteiger partial charge in [-0.2, -0.15) is 0 Å². The van der Waals surface area contributed by atoms with Crippen molar-refractivity contribution in [2.45, 2.75) is 13.3 Å². The first-order chi connectivity index (χ1) is 8.33. The molecule has 3 nitrogen and oxygen atoms in total. The third-order valence-corrected chi connectivity index (χ3v) is 3.29. The van der Waals surface area contributed by atoms with Crippen LogP contribution >= 0.6 is 0 Å². The summed E-state index contributed by atoms with van der Waals surface area (Å²) >= 11 is 0. The van der Waals surface area contributed by atoms with Gasteiger partial charge in [0.25, 0.3) is 0 Å². The van der Waals surface area contributed by atoms with Gasteiger partial charge >= 0.3 is 0 Å². The number of aromatic nitrogens is 1. The molecule has 1 saturated heterocycles. The number of hydrogen-bond donors (Lipinski definition) is 1. The summed E-state index contributed by atoms with van der Waals surface area (Å²) in [4.78, 5) is 4.36. The summed E-state index contributed by atoms with van der Waals surface area (Å²) in [7, 11) is 0. The van der Waals surface area contributed by atoms with Crippen LogP contribution in [0.4, 0.5) is 0 Å². The number of nitrogens with one attached hydrogen (secondary N) is 1. The average Bonchev–Trinajstić information content (AvgIpc) is 2.73. The zero-order valence-electron chi connectivity index (χ0n) is 9.94. The van der Waals surface area contributed by atoms with Crippen LogP contribution in [0.25, 0.3) is 11.3 Å². The van der Waals surface area contributed by atoms with E-state index in [-0.39, 0.29) is 0 Å². The molecule has 0 atom stereocenters. The van der Waals surface area contributed by atoms with Crippen molar-refractivity contribution in [1.29, 1.82) is 0 Å². The molecule has 3 rings (SSSR count). The molecule has 1 aromatic carbocycles. The standard InChI is InChI=1S/C14H16N2O/c1-10-4-2-3-5-12(10)13-9-16-14(17-13)6-11-7-15-8-11/h2-5,9,11,15H,6-8H2,1H3. The maximum absolute atomic E-state index is 5.82. The van der Waals surface area contributed by atoms with Crippen LogP contribution in [0.2, 0.25) is 0 Å². The highest BCUT2D eigenvalue weighted by Crippen LogP contribution is 2.24. The van der Waals surface area contributed by atoms with Gasteiger partial charge in [-0.05, 0) is 31.5 Å². The molecule has 0 amide bonds. The zero-order chi connectivity index (χ0) is 11.7. The lowest BCUT2D eigenvalue weighted by Crippen LogP contribution is -2.43. The largest absolute Gasteiger partial charge is 0.441 e. The lowest BCUT2D eigenvalue weighted by molar-refractivity contribution is 0.319. The third kappa shape index (κ3) is 2.11. The SMILES string of the molecule is Cc1ccccc1-c1cnc(CC2CNC2)o1. The number of hydrogen-bond acceptors (Lipinski definition) is 3. The summed E-state index contributed by atoms with van der Waals surface area (Å²) in [6, 6.07) is 8.23. The summed E-state index contributed by atoms with van der Waals surface area (Å²) < 4.78 is 5.82. The normalized spacial score (nSPS) is 15.8. The monoisotopic (exact) mass is 228 g/mol. The summed E-state index contributed by atoms with van der Waals surface area (Å²) in [5.74, 6) is 2.43. The summed E-state index contributed by atoms with van der Waals surface area (Å²) in [6.07, 6.45) is 2.78. The van der Waals surface area contributed by atoms with Crippen molar-refractivity contribution < 1.29 is 4.42 Å². The van der Waals surface area contributed by atoms with Crippen molar-refractivity contribution in [3.05, 3.63) is 41.9 Å². The number of nitrogens with zero attached hydrogens (tertiary/aromatic N) is 1. The van der Waals surface area contributed by atoms with Gasteiger partial charge in [0, 0.05) is 12.0 Å². The van der Waals surface area contributed by atoms with Crippen molar-refractivity contribution in [1.82, 2.24) is 10.3 Å². The van der Waals surface area contributed by atoms with Crippen LogP contribution < -0.4 is 5.32 Å². The molecular formula is C14H16N2O. The first-order valence-corrected chi connectivity index (χ1v) is 6.04. The third-order valence-electron chi connectivity index (χ3n) is 3.29. The second kappa shape index (κ2) is 4.34. The second-order valence-corrected chi connectivity index (χ2v) is 4.66. The Labute approximate surface area is 101 Å². The maximum Gasteiger partial charge on any atom is 0.195 e. The molecule has 2 aromatic rings. The van der Waals surface area contributed by atoms with Crippen LogP contribution in [0.5, 0.6) is 0 Å². The van der Waals surface area contributed by atoms with Crippen LogP contribution in [0.1, 0.15) is 11.5 Å². The molecular weight excluding hydrogens is 212 g/mol. The highest BCUT2D eigenvalue weighted by molar-refractivity contribution is 5.60. The van der Waals surface area contributed by atoms with E-state index in [4.69, 9.17) is 4.42 Å². The van der Waals surface area contributed by atoms with Gasteiger partial charge in [-0.3, -0.25) is 0 Å².